The minimum absolute atomic E-state index is 0.00620. The van der Waals surface area contributed by atoms with Crippen molar-refractivity contribution in [3.8, 4) is 5.75 Å². The number of ether oxygens (including phenoxy) is 1. The summed E-state index contributed by atoms with van der Waals surface area (Å²) in [6.07, 6.45) is 7.28. The fourth-order valence-electron chi connectivity index (χ4n) is 4.87. The fraction of sp³-hybridized carbons (Fsp3) is 0.345. The Morgan fingerprint density at radius 1 is 1.06 bits per heavy atom. The maximum atomic E-state index is 12.6. The van der Waals surface area contributed by atoms with Gasteiger partial charge in [-0.2, -0.15) is 0 Å². The molecule has 6 nitrogen and oxygen atoms in total. The summed E-state index contributed by atoms with van der Waals surface area (Å²) in [5.74, 6) is 0.301. The van der Waals surface area contributed by atoms with Crippen molar-refractivity contribution in [1.82, 2.24) is 4.57 Å². The molecule has 1 atom stereocenters. The Bertz CT molecular complexity index is 1250. The van der Waals surface area contributed by atoms with E-state index in [0.29, 0.717) is 23.4 Å². The molecule has 1 aliphatic carbocycles. The smallest absolute Gasteiger partial charge is 0.314 e. The normalized spacial score (nSPS) is 15.5. The van der Waals surface area contributed by atoms with Crippen LogP contribution in [0, 0.1) is 12.8 Å². The monoisotopic (exact) mass is 472 g/mol. The molecule has 1 aromatic heterocycles. The van der Waals surface area contributed by atoms with Gasteiger partial charge in [0.05, 0.1) is 11.6 Å². The molecular weight excluding hydrogens is 440 g/mol. The topological polar surface area (TPSA) is 80.9 Å². The van der Waals surface area contributed by atoms with E-state index in [9.17, 15) is 14.8 Å². The number of benzene rings is 2. The molecular formula is C29H32N2O4. The molecule has 0 saturated heterocycles. The van der Waals surface area contributed by atoms with Gasteiger partial charge < -0.3 is 14.5 Å². The number of aromatic nitrogens is 1. The van der Waals surface area contributed by atoms with Crippen LogP contribution in [-0.4, -0.2) is 21.5 Å². The summed E-state index contributed by atoms with van der Waals surface area (Å²) in [5, 5.41) is 13.5. The van der Waals surface area contributed by atoms with E-state index in [1.54, 1.807) is 19.3 Å². The molecule has 4 rings (SSSR count). The molecule has 3 aromatic rings. The third kappa shape index (κ3) is 5.88. The van der Waals surface area contributed by atoms with E-state index < -0.39 is 0 Å². The minimum Gasteiger partial charge on any atom is -0.426 e. The largest absolute Gasteiger partial charge is 0.426 e. The van der Waals surface area contributed by atoms with Crippen LogP contribution >= 0.6 is 0 Å². The Labute approximate surface area is 205 Å². The Hall–Kier alpha value is -3.67. The second-order valence-electron chi connectivity index (χ2n) is 9.35. The van der Waals surface area contributed by atoms with Gasteiger partial charge in [-0.1, -0.05) is 60.8 Å². The summed E-state index contributed by atoms with van der Waals surface area (Å²) in [4.78, 5) is 24.4. The van der Waals surface area contributed by atoms with Gasteiger partial charge in [-0.3, -0.25) is 9.59 Å². The number of pyridine rings is 1. The molecule has 0 aliphatic heterocycles. The highest BCUT2D eigenvalue weighted by Gasteiger charge is 2.24. The first-order valence-corrected chi connectivity index (χ1v) is 12.2. The summed E-state index contributed by atoms with van der Waals surface area (Å²) in [5.41, 5.74) is 4.31. The van der Waals surface area contributed by atoms with Crippen molar-refractivity contribution >= 4 is 11.7 Å². The second kappa shape index (κ2) is 11.2. The maximum absolute atomic E-state index is 12.6. The molecule has 1 aliphatic rings. The SMILES string of the molecule is Cc1ccccc1[C@@H](C/C(=N\O)c1ccc(=O)n(C)c1)c1ccc(OC(=O)C2CCCCC2)cc1. The van der Waals surface area contributed by atoms with Gasteiger partial charge in [-0.05, 0) is 54.7 Å². The molecule has 0 radical (unpaired) electrons. The van der Waals surface area contributed by atoms with Crippen LogP contribution in [0.3, 0.4) is 0 Å². The van der Waals surface area contributed by atoms with E-state index >= 15 is 0 Å². The summed E-state index contributed by atoms with van der Waals surface area (Å²) >= 11 is 0. The van der Waals surface area contributed by atoms with Crippen molar-refractivity contribution in [2.75, 3.05) is 0 Å². The molecule has 1 heterocycles. The Kier molecular flexibility index (Phi) is 7.80. The van der Waals surface area contributed by atoms with Crippen LogP contribution in [0.25, 0.3) is 0 Å². The third-order valence-electron chi connectivity index (χ3n) is 6.94. The highest BCUT2D eigenvalue weighted by Crippen LogP contribution is 2.33. The second-order valence-corrected chi connectivity index (χ2v) is 9.35. The number of oxime groups is 1. The highest BCUT2D eigenvalue weighted by atomic mass is 16.5. The first-order chi connectivity index (χ1) is 17.0. The molecule has 2 aromatic carbocycles. The van der Waals surface area contributed by atoms with Crippen molar-refractivity contribution < 1.29 is 14.7 Å². The van der Waals surface area contributed by atoms with Gasteiger partial charge >= 0.3 is 5.97 Å². The third-order valence-corrected chi connectivity index (χ3v) is 6.94. The maximum Gasteiger partial charge on any atom is 0.314 e. The van der Waals surface area contributed by atoms with E-state index in [0.717, 1.165) is 42.4 Å². The molecule has 0 bridgehead atoms. The Morgan fingerprint density at radius 3 is 2.43 bits per heavy atom. The minimum atomic E-state index is -0.141. The molecule has 0 spiro atoms. The standard InChI is InChI=1S/C29H32N2O4/c1-20-8-6-7-11-25(20)26(18-27(30-34)23-14-17-28(32)31(2)19-23)21-12-15-24(16-13-21)35-29(33)22-9-4-3-5-10-22/h6-8,11-17,19,22,26,34H,3-5,9-10,18H2,1-2H3/b30-27+/t26-/m0/s1. The molecule has 182 valence electrons. The lowest BCUT2D eigenvalue weighted by Gasteiger charge is -2.22. The van der Waals surface area contributed by atoms with E-state index in [2.05, 4.69) is 24.2 Å². The zero-order chi connectivity index (χ0) is 24.8. The number of nitrogens with zero attached hydrogens (tertiary/aromatic N) is 2. The molecule has 0 unspecified atom stereocenters. The van der Waals surface area contributed by atoms with E-state index in [1.807, 2.05) is 36.4 Å². The zero-order valence-corrected chi connectivity index (χ0v) is 20.3. The quantitative estimate of drug-likeness (QED) is 0.160. The number of carbonyl (C=O) groups is 1. The van der Waals surface area contributed by atoms with Gasteiger partial charge in [-0.25, -0.2) is 0 Å². The van der Waals surface area contributed by atoms with Gasteiger partial charge in [0, 0.05) is 37.2 Å². The van der Waals surface area contributed by atoms with Crippen molar-refractivity contribution in [2.24, 2.45) is 18.1 Å². The van der Waals surface area contributed by atoms with Crippen LogP contribution in [0.5, 0.6) is 5.75 Å². The number of hydrogen-bond donors (Lipinski definition) is 1. The van der Waals surface area contributed by atoms with Gasteiger partial charge in [0.15, 0.2) is 0 Å². The summed E-state index contributed by atoms with van der Waals surface area (Å²) in [6, 6.07) is 18.9. The predicted octanol–water partition coefficient (Wildman–Crippen LogP) is 5.58. The van der Waals surface area contributed by atoms with Crippen LogP contribution in [0.15, 0.2) is 76.8 Å². The van der Waals surface area contributed by atoms with Crippen LogP contribution in [0.1, 0.15) is 66.7 Å². The van der Waals surface area contributed by atoms with E-state index in [1.165, 1.54) is 17.1 Å². The summed E-state index contributed by atoms with van der Waals surface area (Å²) in [7, 11) is 1.67. The van der Waals surface area contributed by atoms with Crippen molar-refractivity contribution in [1.29, 1.82) is 0 Å². The fourth-order valence-corrected chi connectivity index (χ4v) is 4.87. The van der Waals surface area contributed by atoms with E-state index in [-0.39, 0.29) is 23.4 Å². The van der Waals surface area contributed by atoms with Crippen LogP contribution in [-0.2, 0) is 11.8 Å². The first kappa shape index (κ1) is 24.5. The zero-order valence-electron chi connectivity index (χ0n) is 20.3. The lowest BCUT2D eigenvalue weighted by atomic mass is 9.83. The van der Waals surface area contributed by atoms with Gasteiger partial charge in [0.1, 0.15) is 5.75 Å². The lowest BCUT2D eigenvalue weighted by Crippen LogP contribution is -2.22. The van der Waals surface area contributed by atoms with Crippen molar-refractivity contribution in [3.63, 3.8) is 0 Å². The molecule has 1 fully saturated rings. The first-order valence-electron chi connectivity index (χ1n) is 12.2. The number of aryl methyl sites for hydroxylation is 2. The van der Waals surface area contributed by atoms with Crippen LogP contribution < -0.4 is 10.3 Å². The Morgan fingerprint density at radius 2 is 1.77 bits per heavy atom. The highest BCUT2D eigenvalue weighted by molar-refractivity contribution is 6.00. The molecule has 0 amide bonds. The number of carbonyl (C=O) groups excluding carboxylic acids is 1. The van der Waals surface area contributed by atoms with Crippen LogP contribution in [0.4, 0.5) is 0 Å². The average molecular weight is 473 g/mol. The Balaban J connectivity index is 1.60. The average Bonchev–Trinajstić information content (AvgIpc) is 2.88. The number of hydrogen-bond acceptors (Lipinski definition) is 5. The lowest BCUT2D eigenvalue weighted by molar-refractivity contribution is -0.139. The van der Waals surface area contributed by atoms with Crippen molar-refractivity contribution in [2.45, 2.75) is 51.4 Å². The van der Waals surface area contributed by atoms with Gasteiger partial charge in [-0.15, -0.1) is 0 Å². The molecule has 1 saturated carbocycles. The molecule has 6 heteroatoms. The number of esters is 1. The van der Waals surface area contributed by atoms with Gasteiger partial charge in [0.25, 0.3) is 0 Å². The van der Waals surface area contributed by atoms with Crippen LogP contribution in [0.2, 0.25) is 0 Å². The van der Waals surface area contributed by atoms with E-state index in [4.69, 9.17) is 4.74 Å². The van der Waals surface area contributed by atoms with Crippen molar-refractivity contribution in [3.05, 3.63) is 99.5 Å². The summed E-state index contributed by atoms with van der Waals surface area (Å²) < 4.78 is 7.15. The predicted molar refractivity (Wildman–Crippen MR) is 136 cm³/mol. The number of rotatable bonds is 7. The summed E-state index contributed by atoms with van der Waals surface area (Å²) in [6.45, 7) is 2.06. The molecule has 1 N–H and O–H groups in total. The van der Waals surface area contributed by atoms with Gasteiger partial charge in [0.2, 0.25) is 5.56 Å². The molecule has 35 heavy (non-hydrogen) atoms.